The minimum absolute atomic E-state index is 0.0117. The first kappa shape index (κ1) is 19.3. The molecule has 146 valence electrons. The Morgan fingerprint density at radius 1 is 1.21 bits per heavy atom. The van der Waals surface area contributed by atoms with E-state index >= 15 is 0 Å². The average Bonchev–Trinajstić information content (AvgIpc) is 3.08. The van der Waals surface area contributed by atoms with Crippen LogP contribution in [0.2, 0.25) is 0 Å². The van der Waals surface area contributed by atoms with Crippen molar-refractivity contribution in [3.63, 3.8) is 0 Å². The largest absolute Gasteiger partial charge is 0.454 e. The summed E-state index contributed by atoms with van der Waals surface area (Å²) in [4.78, 5) is 22.8. The van der Waals surface area contributed by atoms with Gasteiger partial charge in [0.05, 0.1) is 29.2 Å². The van der Waals surface area contributed by atoms with Crippen LogP contribution < -0.4 is 14.9 Å². The molecule has 1 aliphatic rings. The Hall–Kier alpha value is -3.42. The number of carbonyl (C=O) groups is 1. The van der Waals surface area contributed by atoms with Crippen LogP contribution in [0.25, 0.3) is 0 Å². The van der Waals surface area contributed by atoms with Gasteiger partial charge in [0.2, 0.25) is 12.7 Å². The van der Waals surface area contributed by atoms with E-state index in [0.29, 0.717) is 11.5 Å². The van der Waals surface area contributed by atoms with Crippen molar-refractivity contribution in [2.45, 2.75) is 32.6 Å². The Morgan fingerprint density at radius 2 is 1.86 bits per heavy atom. The SMILES string of the molecule is CC(C)(C)c1ccc(CC(=O)NN=Cc2cc3c(cc2[N+](=O)[O-])OCO3)cc1. The normalized spacial score (nSPS) is 13.0. The zero-order valence-corrected chi connectivity index (χ0v) is 15.9. The van der Waals surface area contributed by atoms with E-state index in [0.717, 1.165) is 5.56 Å². The lowest BCUT2D eigenvalue weighted by Crippen LogP contribution is -2.20. The van der Waals surface area contributed by atoms with Gasteiger partial charge in [-0.25, -0.2) is 5.43 Å². The molecule has 28 heavy (non-hydrogen) atoms. The lowest BCUT2D eigenvalue weighted by molar-refractivity contribution is -0.385. The number of ether oxygens (including phenoxy) is 2. The molecule has 0 radical (unpaired) electrons. The van der Waals surface area contributed by atoms with Crippen LogP contribution in [-0.4, -0.2) is 23.8 Å². The number of hydrazone groups is 1. The number of nitro benzene ring substituents is 1. The van der Waals surface area contributed by atoms with Gasteiger partial charge in [0.15, 0.2) is 11.5 Å². The van der Waals surface area contributed by atoms with Gasteiger partial charge in [0, 0.05) is 0 Å². The number of nitrogens with one attached hydrogen (secondary N) is 1. The molecule has 0 fully saturated rings. The predicted molar refractivity (Wildman–Crippen MR) is 104 cm³/mol. The number of fused-ring (bicyclic) bond motifs is 1. The molecule has 1 heterocycles. The van der Waals surface area contributed by atoms with E-state index in [1.807, 2.05) is 24.3 Å². The van der Waals surface area contributed by atoms with E-state index in [9.17, 15) is 14.9 Å². The Kier molecular flexibility index (Phi) is 5.30. The van der Waals surface area contributed by atoms with Crippen molar-refractivity contribution in [1.82, 2.24) is 5.43 Å². The monoisotopic (exact) mass is 383 g/mol. The van der Waals surface area contributed by atoms with E-state index in [4.69, 9.17) is 9.47 Å². The molecule has 0 atom stereocenters. The Labute approximate surface area is 162 Å². The third-order valence-corrected chi connectivity index (χ3v) is 4.30. The van der Waals surface area contributed by atoms with Crippen LogP contribution in [-0.2, 0) is 16.6 Å². The second kappa shape index (κ2) is 7.67. The Balaban J connectivity index is 1.65. The number of hydrogen-bond donors (Lipinski definition) is 1. The summed E-state index contributed by atoms with van der Waals surface area (Å²) < 4.78 is 10.4. The highest BCUT2D eigenvalue weighted by Gasteiger charge is 2.22. The molecule has 0 aromatic heterocycles. The Bertz CT molecular complexity index is 930. The van der Waals surface area contributed by atoms with Gasteiger partial charge in [-0.2, -0.15) is 5.10 Å². The zero-order chi connectivity index (χ0) is 20.3. The summed E-state index contributed by atoms with van der Waals surface area (Å²) in [7, 11) is 0. The standard InChI is InChI=1S/C20H21N3O5/c1-20(2,3)15-6-4-13(5-7-15)8-19(24)22-21-11-14-9-17-18(28-12-27-17)10-16(14)23(25)26/h4-7,9-11H,8,12H2,1-3H3,(H,22,24). The second-order valence-electron chi connectivity index (χ2n) is 7.44. The first-order chi connectivity index (χ1) is 13.2. The van der Waals surface area contributed by atoms with E-state index in [2.05, 4.69) is 31.3 Å². The Morgan fingerprint density at radius 3 is 2.46 bits per heavy atom. The number of nitrogens with zero attached hydrogens (tertiary/aromatic N) is 2. The van der Waals surface area contributed by atoms with Crippen LogP contribution in [0.15, 0.2) is 41.5 Å². The number of benzene rings is 2. The van der Waals surface area contributed by atoms with Crippen LogP contribution in [0.3, 0.4) is 0 Å². The van der Waals surface area contributed by atoms with Crippen molar-refractivity contribution in [3.8, 4) is 11.5 Å². The number of hydrogen-bond acceptors (Lipinski definition) is 6. The maximum absolute atomic E-state index is 12.1. The van der Waals surface area contributed by atoms with Crippen molar-refractivity contribution < 1.29 is 19.2 Å². The molecule has 0 unspecified atom stereocenters. The topological polar surface area (TPSA) is 103 Å². The first-order valence-electron chi connectivity index (χ1n) is 8.73. The summed E-state index contributed by atoms with van der Waals surface area (Å²) >= 11 is 0. The fourth-order valence-electron chi connectivity index (χ4n) is 2.73. The van der Waals surface area contributed by atoms with Crippen LogP contribution in [0.1, 0.15) is 37.5 Å². The lowest BCUT2D eigenvalue weighted by atomic mass is 9.86. The molecule has 0 bridgehead atoms. The van der Waals surface area contributed by atoms with Crippen molar-refractivity contribution in [1.29, 1.82) is 0 Å². The third kappa shape index (κ3) is 4.46. The zero-order valence-electron chi connectivity index (χ0n) is 15.9. The molecule has 1 aliphatic heterocycles. The quantitative estimate of drug-likeness (QED) is 0.485. The van der Waals surface area contributed by atoms with Crippen molar-refractivity contribution in [2.75, 3.05) is 6.79 Å². The predicted octanol–water partition coefficient (Wildman–Crippen LogP) is 3.31. The van der Waals surface area contributed by atoms with Gasteiger partial charge >= 0.3 is 0 Å². The summed E-state index contributed by atoms with van der Waals surface area (Å²) in [5.41, 5.74) is 4.51. The average molecular weight is 383 g/mol. The van der Waals surface area contributed by atoms with Gasteiger partial charge < -0.3 is 9.47 Å². The fraction of sp³-hybridized carbons (Fsp3) is 0.300. The van der Waals surface area contributed by atoms with Crippen molar-refractivity contribution in [3.05, 3.63) is 63.2 Å². The second-order valence-corrected chi connectivity index (χ2v) is 7.44. The molecule has 2 aromatic rings. The summed E-state index contributed by atoms with van der Waals surface area (Å²) in [6.45, 7) is 6.38. The molecule has 8 nitrogen and oxygen atoms in total. The van der Waals surface area contributed by atoms with Crippen LogP contribution >= 0.6 is 0 Å². The van der Waals surface area contributed by atoms with Gasteiger partial charge in [-0.15, -0.1) is 0 Å². The number of rotatable bonds is 5. The minimum Gasteiger partial charge on any atom is -0.454 e. The molecule has 1 amide bonds. The minimum atomic E-state index is -0.540. The lowest BCUT2D eigenvalue weighted by Gasteiger charge is -2.19. The maximum Gasteiger partial charge on any atom is 0.282 e. The van der Waals surface area contributed by atoms with Crippen molar-refractivity contribution in [2.24, 2.45) is 5.10 Å². The van der Waals surface area contributed by atoms with Gasteiger partial charge in [-0.05, 0) is 22.6 Å². The smallest absolute Gasteiger partial charge is 0.282 e. The fourth-order valence-corrected chi connectivity index (χ4v) is 2.73. The molecule has 0 spiro atoms. The van der Waals surface area contributed by atoms with Gasteiger partial charge in [-0.1, -0.05) is 45.0 Å². The molecule has 2 aromatic carbocycles. The van der Waals surface area contributed by atoms with Crippen molar-refractivity contribution >= 4 is 17.8 Å². The van der Waals surface area contributed by atoms with E-state index < -0.39 is 4.92 Å². The molecule has 1 N–H and O–H groups in total. The van der Waals surface area contributed by atoms with Crippen LogP contribution in [0.5, 0.6) is 11.5 Å². The highest BCUT2D eigenvalue weighted by Crippen LogP contribution is 2.37. The molecule has 8 heteroatoms. The van der Waals surface area contributed by atoms with Gasteiger partial charge in [0.1, 0.15) is 0 Å². The van der Waals surface area contributed by atoms with Gasteiger partial charge in [0.25, 0.3) is 5.69 Å². The molecule has 3 rings (SSSR count). The first-order valence-corrected chi connectivity index (χ1v) is 8.73. The molecule has 0 saturated heterocycles. The molecule has 0 aliphatic carbocycles. The molecule has 0 saturated carbocycles. The van der Waals surface area contributed by atoms with Gasteiger partial charge in [-0.3, -0.25) is 14.9 Å². The highest BCUT2D eigenvalue weighted by atomic mass is 16.7. The number of amides is 1. The summed E-state index contributed by atoms with van der Waals surface area (Å²) in [6, 6.07) is 10.6. The summed E-state index contributed by atoms with van der Waals surface area (Å²) in [5.74, 6) is 0.395. The highest BCUT2D eigenvalue weighted by molar-refractivity contribution is 5.88. The number of nitro groups is 1. The van der Waals surface area contributed by atoms with E-state index in [1.54, 1.807) is 0 Å². The van der Waals surface area contributed by atoms with E-state index in [1.165, 1.54) is 23.9 Å². The summed E-state index contributed by atoms with van der Waals surface area (Å²) in [6.07, 6.45) is 1.38. The van der Waals surface area contributed by atoms with Crippen LogP contribution in [0, 0.1) is 10.1 Å². The van der Waals surface area contributed by atoms with E-state index in [-0.39, 0.29) is 35.8 Å². The third-order valence-electron chi connectivity index (χ3n) is 4.30. The number of carbonyl (C=O) groups excluding carboxylic acids is 1. The maximum atomic E-state index is 12.1. The molecular formula is C20H21N3O5. The molecular weight excluding hydrogens is 362 g/mol. The van der Waals surface area contributed by atoms with Crippen LogP contribution in [0.4, 0.5) is 5.69 Å². The summed E-state index contributed by atoms with van der Waals surface area (Å²) in [5, 5.41) is 15.1.